The number of carboxylic acid groups (broad SMARTS) is 1. The normalized spacial score (nSPS) is 11.7. The average Bonchev–Trinajstić information content (AvgIpc) is 2.82. The van der Waals surface area contributed by atoms with Crippen molar-refractivity contribution in [3.05, 3.63) is 42.2 Å². The van der Waals surface area contributed by atoms with Crippen LogP contribution in [0.3, 0.4) is 0 Å². The van der Waals surface area contributed by atoms with Crippen LogP contribution in [0.4, 0.5) is 0 Å². The molecule has 0 atom stereocenters. The van der Waals surface area contributed by atoms with E-state index in [1.807, 2.05) is 0 Å². The van der Waals surface area contributed by atoms with Crippen molar-refractivity contribution >= 4 is 26.0 Å². The molecule has 0 amide bonds. The SMILES string of the molecule is CS(=O)(=O)c1ccc(-c2ccn(S(N)(=O)=O)c2C(=O)[O-])cc1.[Na+]. The van der Waals surface area contributed by atoms with Gasteiger partial charge in [0, 0.05) is 18.0 Å². The van der Waals surface area contributed by atoms with E-state index in [2.05, 4.69) is 0 Å². The molecule has 0 aliphatic carbocycles. The quantitative estimate of drug-likeness (QED) is 0.547. The number of nitrogens with zero attached hydrogens (tertiary/aromatic N) is 1. The summed E-state index contributed by atoms with van der Waals surface area (Å²) in [6, 6.07) is 6.55. The molecule has 0 saturated carbocycles. The van der Waals surface area contributed by atoms with Crippen molar-refractivity contribution in [1.29, 1.82) is 0 Å². The van der Waals surface area contributed by atoms with Crippen molar-refractivity contribution in [1.82, 2.24) is 3.97 Å². The monoisotopic (exact) mass is 366 g/mol. The Morgan fingerprint density at radius 2 is 1.61 bits per heavy atom. The number of aromatic carboxylic acids is 1. The van der Waals surface area contributed by atoms with Crippen LogP contribution >= 0.6 is 0 Å². The molecule has 0 saturated heterocycles. The van der Waals surface area contributed by atoms with Crippen LogP contribution in [-0.2, 0) is 20.0 Å². The van der Waals surface area contributed by atoms with Crippen LogP contribution in [0.15, 0.2) is 41.4 Å². The third-order valence-electron chi connectivity index (χ3n) is 2.91. The smallest absolute Gasteiger partial charge is 0.543 e. The zero-order valence-corrected chi connectivity index (χ0v) is 15.9. The zero-order valence-electron chi connectivity index (χ0n) is 12.3. The second-order valence-corrected chi connectivity index (χ2v) is 7.94. The third-order valence-corrected chi connectivity index (χ3v) is 4.89. The standard InChI is InChI=1S/C12H12N2O6S2.Na/c1-21(17,18)9-4-2-8(3-5-9)10-6-7-14(22(13,19)20)11(10)12(15)16;/h2-7H,1H3,(H,15,16)(H2,13,19,20);/q;+1/p-1. The number of carboxylic acids is 1. The Balaban J connectivity index is 0.00000264. The second kappa shape index (κ2) is 6.75. The van der Waals surface area contributed by atoms with E-state index in [1.54, 1.807) is 0 Å². The van der Waals surface area contributed by atoms with E-state index in [-0.39, 0.29) is 40.0 Å². The first kappa shape index (κ1) is 19.9. The van der Waals surface area contributed by atoms with Crippen LogP contribution in [0.5, 0.6) is 0 Å². The Kier molecular flexibility index (Phi) is 5.83. The van der Waals surface area contributed by atoms with Gasteiger partial charge in [-0.15, -0.1) is 0 Å². The summed E-state index contributed by atoms with van der Waals surface area (Å²) in [5.74, 6) is -1.72. The van der Waals surface area contributed by atoms with Crippen LogP contribution in [0.1, 0.15) is 10.5 Å². The minimum Gasteiger partial charge on any atom is -0.543 e. The molecule has 0 spiro atoms. The summed E-state index contributed by atoms with van der Waals surface area (Å²) >= 11 is 0. The Labute approximate surface area is 155 Å². The molecule has 0 aliphatic rings. The molecule has 118 valence electrons. The first-order valence-electron chi connectivity index (χ1n) is 5.78. The molecular weight excluding hydrogens is 355 g/mol. The van der Waals surface area contributed by atoms with Gasteiger partial charge in [-0.3, -0.25) is 0 Å². The number of carbonyl (C=O) groups excluding carboxylic acids is 1. The Bertz CT molecular complexity index is 946. The predicted molar refractivity (Wildman–Crippen MR) is 75.8 cm³/mol. The molecule has 1 aromatic heterocycles. The topological polar surface area (TPSA) is 139 Å². The molecular formula is C12H11N2NaO6S2. The van der Waals surface area contributed by atoms with E-state index in [1.165, 1.54) is 30.3 Å². The van der Waals surface area contributed by atoms with Crippen molar-refractivity contribution in [2.45, 2.75) is 4.90 Å². The van der Waals surface area contributed by atoms with Gasteiger partial charge < -0.3 is 9.90 Å². The largest absolute Gasteiger partial charge is 1.00 e. The van der Waals surface area contributed by atoms with E-state index in [0.717, 1.165) is 12.5 Å². The average molecular weight is 366 g/mol. The van der Waals surface area contributed by atoms with Gasteiger partial charge in [0.25, 0.3) is 0 Å². The van der Waals surface area contributed by atoms with E-state index in [4.69, 9.17) is 5.14 Å². The summed E-state index contributed by atoms with van der Waals surface area (Å²) in [6.07, 6.45) is 2.02. The number of benzene rings is 1. The molecule has 11 heteroatoms. The van der Waals surface area contributed by atoms with Gasteiger partial charge in [-0.25, -0.2) is 17.5 Å². The first-order chi connectivity index (χ1) is 10.0. The van der Waals surface area contributed by atoms with E-state index in [9.17, 15) is 26.7 Å². The summed E-state index contributed by atoms with van der Waals surface area (Å²) < 4.78 is 45.9. The molecule has 23 heavy (non-hydrogen) atoms. The maximum Gasteiger partial charge on any atom is 1.00 e. The fourth-order valence-corrected chi connectivity index (χ4v) is 3.23. The Morgan fingerprint density at radius 1 is 1.09 bits per heavy atom. The van der Waals surface area contributed by atoms with Gasteiger partial charge in [0.2, 0.25) is 0 Å². The molecule has 1 heterocycles. The van der Waals surface area contributed by atoms with Crippen LogP contribution in [0.2, 0.25) is 0 Å². The number of rotatable bonds is 4. The molecule has 0 radical (unpaired) electrons. The van der Waals surface area contributed by atoms with Crippen molar-refractivity contribution < 1.29 is 56.3 Å². The van der Waals surface area contributed by atoms with Crippen molar-refractivity contribution in [2.75, 3.05) is 6.26 Å². The summed E-state index contributed by atoms with van der Waals surface area (Å²) in [5.41, 5.74) is -0.266. The fraction of sp³-hybridized carbons (Fsp3) is 0.0833. The number of aromatic nitrogens is 1. The minimum absolute atomic E-state index is 0. The third kappa shape index (κ3) is 4.22. The van der Waals surface area contributed by atoms with Crippen molar-refractivity contribution in [2.24, 2.45) is 5.14 Å². The van der Waals surface area contributed by atoms with Gasteiger partial charge in [-0.1, -0.05) is 12.1 Å². The number of nitrogens with two attached hydrogens (primary N) is 1. The van der Waals surface area contributed by atoms with Crippen LogP contribution < -0.4 is 39.8 Å². The van der Waals surface area contributed by atoms with Gasteiger partial charge in [0.15, 0.2) is 9.84 Å². The molecule has 2 N–H and O–H groups in total. The molecule has 2 aromatic rings. The van der Waals surface area contributed by atoms with Gasteiger partial charge in [-0.05, 0) is 23.8 Å². The molecule has 0 aliphatic heterocycles. The van der Waals surface area contributed by atoms with Crippen molar-refractivity contribution in [3.63, 3.8) is 0 Å². The Morgan fingerprint density at radius 3 is 2.00 bits per heavy atom. The molecule has 1 aromatic carbocycles. The molecule has 0 unspecified atom stereocenters. The summed E-state index contributed by atoms with van der Waals surface area (Å²) in [7, 11) is -7.69. The molecule has 0 fully saturated rings. The number of carbonyl (C=O) groups is 1. The number of hydrogen-bond donors (Lipinski definition) is 1. The predicted octanol–water partition coefficient (Wildman–Crippen LogP) is -4.02. The van der Waals surface area contributed by atoms with Gasteiger partial charge in [0.05, 0.1) is 16.6 Å². The maximum atomic E-state index is 11.4. The number of sulfone groups is 1. The fourth-order valence-electron chi connectivity index (χ4n) is 1.94. The van der Waals surface area contributed by atoms with E-state index >= 15 is 0 Å². The maximum absolute atomic E-state index is 11.4. The zero-order chi connectivity index (χ0) is 16.7. The van der Waals surface area contributed by atoms with Crippen LogP contribution in [-0.4, -0.2) is 33.0 Å². The first-order valence-corrected chi connectivity index (χ1v) is 9.18. The van der Waals surface area contributed by atoms with E-state index < -0.39 is 31.7 Å². The molecule has 2 rings (SSSR count). The summed E-state index contributed by atoms with van der Waals surface area (Å²) in [5, 5.41) is 16.1. The van der Waals surface area contributed by atoms with Crippen LogP contribution in [0, 0.1) is 0 Å². The summed E-state index contributed by atoms with van der Waals surface area (Å²) in [4.78, 5) is 11.3. The van der Waals surface area contributed by atoms with Gasteiger partial charge in [0.1, 0.15) is 0 Å². The minimum atomic E-state index is -4.30. The van der Waals surface area contributed by atoms with Crippen molar-refractivity contribution in [3.8, 4) is 11.1 Å². The van der Waals surface area contributed by atoms with E-state index in [0.29, 0.717) is 9.54 Å². The molecule has 0 bridgehead atoms. The molecule has 8 nitrogen and oxygen atoms in total. The van der Waals surface area contributed by atoms with Crippen LogP contribution in [0.25, 0.3) is 11.1 Å². The van der Waals surface area contributed by atoms with Gasteiger partial charge in [-0.2, -0.15) is 8.42 Å². The Hall–Kier alpha value is -1.17. The summed E-state index contributed by atoms with van der Waals surface area (Å²) in [6.45, 7) is 0. The number of hydrogen-bond acceptors (Lipinski definition) is 6. The second-order valence-electron chi connectivity index (χ2n) is 4.50. The van der Waals surface area contributed by atoms with Gasteiger partial charge >= 0.3 is 39.8 Å².